The van der Waals surface area contributed by atoms with Gasteiger partial charge in [-0.05, 0) is 32.9 Å². The standard InChI is InChI=1S/C14H18N2O2/c1-9(2)18-12-6-4-5-11(7-12)14-13(8-17)10(3)15-16-14/h4-7,9,17H,8H2,1-3H3,(H,15,16). The number of nitrogens with one attached hydrogen (secondary N) is 1. The Hall–Kier alpha value is -1.81. The van der Waals surface area contributed by atoms with Gasteiger partial charge in [-0.15, -0.1) is 0 Å². The lowest BCUT2D eigenvalue weighted by atomic mass is 10.1. The summed E-state index contributed by atoms with van der Waals surface area (Å²) < 4.78 is 5.66. The van der Waals surface area contributed by atoms with E-state index in [1.165, 1.54) is 0 Å². The molecule has 2 rings (SSSR count). The zero-order chi connectivity index (χ0) is 13.1. The molecule has 1 aromatic carbocycles. The van der Waals surface area contributed by atoms with Gasteiger partial charge in [-0.3, -0.25) is 5.10 Å². The van der Waals surface area contributed by atoms with E-state index in [9.17, 15) is 5.11 Å². The van der Waals surface area contributed by atoms with Gasteiger partial charge >= 0.3 is 0 Å². The maximum Gasteiger partial charge on any atom is 0.120 e. The SMILES string of the molecule is Cc1[nH]nc(-c2cccc(OC(C)C)c2)c1CO. The Morgan fingerprint density at radius 1 is 1.39 bits per heavy atom. The summed E-state index contributed by atoms with van der Waals surface area (Å²) in [6.07, 6.45) is 0.137. The molecule has 0 aliphatic heterocycles. The van der Waals surface area contributed by atoms with Crippen molar-refractivity contribution in [1.82, 2.24) is 10.2 Å². The van der Waals surface area contributed by atoms with Crippen LogP contribution in [0.15, 0.2) is 24.3 Å². The molecule has 18 heavy (non-hydrogen) atoms. The third-order valence-electron chi connectivity index (χ3n) is 2.71. The van der Waals surface area contributed by atoms with Crippen LogP contribution in [0.5, 0.6) is 5.75 Å². The molecule has 2 aromatic rings. The van der Waals surface area contributed by atoms with Crippen LogP contribution in [0.4, 0.5) is 0 Å². The Morgan fingerprint density at radius 3 is 2.83 bits per heavy atom. The minimum Gasteiger partial charge on any atom is -0.491 e. The van der Waals surface area contributed by atoms with E-state index in [-0.39, 0.29) is 12.7 Å². The highest BCUT2D eigenvalue weighted by Gasteiger charge is 2.12. The average molecular weight is 246 g/mol. The topological polar surface area (TPSA) is 58.1 Å². The number of aryl methyl sites for hydroxylation is 1. The van der Waals surface area contributed by atoms with Gasteiger partial charge in [0, 0.05) is 16.8 Å². The van der Waals surface area contributed by atoms with Crippen molar-refractivity contribution < 1.29 is 9.84 Å². The lowest BCUT2D eigenvalue weighted by Gasteiger charge is -2.10. The van der Waals surface area contributed by atoms with Gasteiger partial charge < -0.3 is 9.84 Å². The Bertz CT molecular complexity index is 532. The number of hydrogen-bond acceptors (Lipinski definition) is 3. The molecule has 0 radical (unpaired) electrons. The van der Waals surface area contributed by atoms with Crippen molar-refractivity contribution >= 4 is 0 Å². The first-order chi connectivity index (χ1) is 8.61. The van der Waals surface area contributed by atoms with Gasteiger partial charge in [0.25, 0.3) is 0 Å². The summed E-state index contributed by atoms with van der Waals surface area (Å²) in [6, 6.07) is 7.75. The second-order valence-corrected chi connectivity index (χ2v) is 4.53. The molecule has 0 unspecified atom stereocenters. The van der Waals surface area contributed by atoms with E-state index in [4.69, 9.17) is 4.74 Å². The molecule has 4 nitrogen and oxygen atoms in total. The smallest absolute Gasteiger partial charge is 0.120 e. The van der Waals surface area contributed by atoms with Crippen LogP contribution in [0, 0.1) is 6.92 Å². The molecule has 1 aromatic heterocycles. The Morgan fingerprint density at radius 2 is 2.17 bits per heavy atom. The Balaban J connectivity index is 2.38. The summed E-state index contributed by atoms with van der Waals surface area (Å²) in [7, 11) is 0. The van der Waals surface area contributed by atoms with Crippen molar-refractivity contribution in [1.29, 1.82) is 0 Å². The number of benzene rings is 1. The summed E-state index contributed by atoms with van der Waals surface area (Å²) in [4.78, 5) is 0. The summed E-state index contributed by atoms with van der Waals surface area (Å²) in [6.45, 7) is 5.86. The van der Waals surface area contributed by atoms with Crippen molar-refractivity contribution in [3.8, 4) is 17.0 Å². The highest BCUT2D eigenvalue weighted by atomic mass is 16.5. The van der Waals surface area contributed by atoms with Gasteiger partial charge in [-0.25, -0.2) is 0 Å². The van der Waals surface area contributed by atoms with Crippen molar-refractivity contribution in [3.63, 3.8) is 0 Å². The maximum absolute atomic E-state index is 9.37. The molecule has 0 bridgehead atoms. The van der Waals surface area contributed by atoms with Crippen molar-refractivity contribution in [2.75, 3.05) is 0 Å². The predicted molar refractivity (Wildman–Crippen MR) is 70.4 cm³/mol. The molecule has 0 saturated heterocycles. The van der Waals surface area contributed by atoms with E-state index in [1.54, 1.807) is 0 Å². The first-order valence-corrected chi connectivity index (χ1v) is 6.03. The minimum atomic E-state index is -0.0209. The second kappa shape index (κ2) is 5.23. The van der Waals surface area contributed by atoms with Crippen LogP contribution in [0.3, 0.4) is 0 Å². The molecule has 0 fully saturated rings. The van der Waals surface area contributed by atoms with Crippen molar-refractivity contribution in [3.05, 3.63) is 35.5 Å². The molecule has 0 saturated carbocycles. The fourth-order valence-electron chi connectivity index (χ4n) is 1.87. The number of hydrogen-bond donors (Lipinski definition) is 2. The molecule has 1 heterocycles. The normalized spacial score (nSPS) is 10.9. The van der Waals surface area contributed by atoms with E-state index in [0.29, 0.717) is 0 Å². The number of nitrogens with zero attached hydrogens (tertiary/aromatic N) is 1. The van der Waals surface area contributed by atoms with E-state index in [2.05, 4.69) is 10.2 Å². The van der Waals surface area contributed by atoms with Gasteiger partial charge in [-0.1, -0.05) is 12.1 Å². The first-order valence-electron chi connectivity index (χ1n) is 6.03. The van der Waals surface area contributed by atoms with Crippen LogP contribution in [0.25, 0.3) is 11.3 Å². The number of ether oxygens (including phenoxy) is 1. The molecular weight excluding hydrogens is 228 g/mol. The minimum absolute atomic E-state index is 0.0209. The predicted octanol–water partition coefficient (Wildman–Crippen LogP) is 2.66. The van der Waals surface area contributed by atoms with Gasteiger partial charge in [0.1, 0.15) is 5.75 Å². The number of rotatable bonds is 4. The third kappa shape index (κ3) is 2.54. The molecule has 0 spiro atoms. The quantitative estimate of drug-likeness (QED) is 0.872. The number of aliphatic hydroxyl groups is 1. The molecular formula is C14H18N2O2. The lowest BCUT2D eigenvalue weighted by Crippen LogP contribution is -2.05. The molecule has 4 heteroatoms. The third-order valence-corrected chi connectivity index (χ3v) is 2.71. The van der Waals surface area contributed by atoms with E-state index in [0.717, 1.165) is 28.3 Å². The molecule has 0 amide bonds. The van der Waals surface area contributed by atoms with Crippen LogP contribution in [-0.4, -0.2) is 21.4 Å². The Labute approximate surface area is 107 Å². The van der Waals surface area contributed by atoms with Crippen molar-refractivity contribution in [2.45, 2.75) is 33.5 Å². The highest BCUT2D eigenvalue weighted by Crippen LogP contribution is 2.27. The summed E-state index contributed by atoms with van der Waals surface area (Å²) >= 11 is 0. The molecule has 2 N–H and O–H groups in total. The lowest BCUT2D eigenvalue weighted by molar-refractivity contribution is 0.242. The molecule has 96 valence electrons. The molecule has 0 atom stereocenters. The zero-order valence-corrected chi connectivity index (χ0v) is 10.9. The number of aromatic nitrogens is 2. The zero-order valence-electron chi connectivity index (χ0n) is 10.9. The van der Waals surface area contributed by atoms with Crippen molar-refractivity contribution in [2.24, 2.45) is 0 Å². The summed E-state index contributed by atoms with van der Waals surface area (Å²) in [5.74, 6) is 0.812. The van der Waals surface area contributed by atoms with Crippen LogP contribution in [0.2, 0.25) is 0 Å². The number of aliphatic hydroxyl groups excluding tert-OH is 1. The summed E-state index contributed by atoms with van der Waals surface area (Å²) in [5.41, 5.74) is 3.45. The van der Waals surface area contributed by atoms with Gasteiger partial charge in [0.2, 0.25) is 0 Å². The number of aromatic amines is 1. The fraction of sp³-hybridized carbons (Fsp3) is 0.357. The van der Waals surface area contributed by atoms with Gasteiger partial charge in [0.05, 0.1) is 18.4 Å². The van der Waals surface area contributed by atoms with Crippen LogP contribution >= 0.6 is 0 Å². The highest BCUT2D eigenvalue weighted by molar-refractivity contribution is 5.65. The maximum atomic E-state index is 9.37. The second-order valence-electron chi connectivity index (χ2n) is 4.53. The molecule has 0 aliphatic rings. The fourth-order valence-corrected chi connectivity index (χ4v) is 1.87. The Kier molecular flexibility index (Phi) is 3.67. The van der Waals surface area contributed by atoms with Gasteiger partial charge in [0.15, 0.2) is 0 Å². The van der Waals surface area contributed by atoms with Crippen LogP contribution in [-0.2, 0) is 6.61 Å². The van der Waals surface area contributed by atoms with E-state index in [1.807, 2.05) is 45.0 Å². The van der Waals surface area contributed by atoms with E-state index >= 15 is 0 Å². The average Bonchev–Trinajstić information content (AvgIpc) is 2.70. The van der Waals surface area contributed by atoms with E-state index < -0.39 is 0 Å². The number of H-pyrrole nitrogens is 1. The largest absolute Gasteiger partial charge is 0.491 e. The van der Waals surface area contributed by atoms with Crippen LogP contribution in [0.1, 0.15) is 25.1 Å². The monoisotopic (exact) mass is 246 g/mol. The molecule has 0 aliphatic carbocycles. The first kappa shape index (κ1) is 12.6. The van der Waals surface area contributed by atoms with Crippen LogP contribution < -0.4 is 4.74 Å². The van der Waals surface area contributed by atoms with Gasteiger partial charge in [-0.2, -0.15) is 5.10 Å². The summed E-state index contributed by atoms with van der Waals surface area (Å²) in [5, 5.41) is 16.5.